The van der Waals surface area contributed by atoms with E-state index in [-0.39, 0.29) is 11.7 Å². The molecule has 0 aliphatic heterocycles. The van der Waals surface area contributed by atoms with Crippen LogP contribution < -0.4 is 5.32 Å². The summed E-state index contributed by atoms with van der Waals surface area (Å²) in [5.74, 6) is 0. The quantitative estimate of drug-likeness (QED) is 0.675. The lowest BCUT2D eigenvalue weighted by atomic mass is 9.77. The molecule has 0 amide bonds. The topological polar surface area (TPSA) is 30.5 Å². The Labute approximate surface area is 106 Å². The summed E-state index contributed by atoms with van der Waals surface area (Å²) < 4.78 is 11.6. The smallest absolute Gasteiger partial charge is 0.0787 e. The second kappa shape index (κ2) is 7.34. The van der Waals surface area contributed by atoms with Crippen LogP contribution in [0.4, 0.5) is 0 Å². The summed E-state index contributed by atoms with van der Waals surface area (Å²) >= 11 is 0. The molecule has 1 aliphatic carbocycles. The first-order chi connectivity index (χ1) is 8.08. The highest BCUT2D eigenvalue weighted by Crippen LogP contribution is 2.39. The third-order valence-corrected chi connectivity index (χ3v) is 3.41. The summed E-state index contributed by atoms with van der Waals surface area (Å²) in [6.45, 7) is 11.1. The lowest BCUT2D eigenvalue weighted by Gasteiger charge is -2.44. The molecule has 0 aromatic carbocycles. The maximum absolute atomic E-state index is 6.19. The van der Waals surface area contributed by atoms with Crippen molar-refractivity contribution < 1.29 is 9.47 Å². The fraction of sp³-hybridized carbons (Fsp3) is 1.00. The molecule has 0 spiro atoms. The Morgan fingerprint density at radius 1 is 1.24 bits per heavy atom. The predicted octanol–water partition coefficient (Wildman–Crippen LogP) is 2.74. The van der Waals surface area contributed by atoms with Gasteiger partial charge in [-0.3, -0.25) is 0 Å². The van der Waals surface area contributed by atoms with Gasteiger partial charge in [0.15, 0.2) is 0 Å². The third kappa shape index (κ3) is 5.36. The molecule has 1 unspecified atom stereocenters. The minimum atomic E-state index is 0.137. The fourth-order valence-electron chi connectivity index (χ4n) is 2.33. The number of ether oxygens (including phenoxy) is 2. The molecule has 1 fully saturated rings. The van der Waals surface area contributed by atoms with E-state index in [1.807, 2.05) is 6.92 Å². The summed E-state index contributed by atoms with van der Waals surface area (Å²) in [5, 5.41) is 3.47. The van der Waals surface area contributed by atoms with Crippen LogP contribution in [0.1, 0.15) is 53.4 Å². The molecule has 1 saturated carbocycles. The third-order valence-electron chi connectivity index (χ3n) is 3.41. The van der Waals surface area contributed by atoms with Gasteiger partial charge < -0.3 is 14.8 Å². The number of rotatable bonds is 9. The molecule has 0 radical (unpaired) electrons. The summed E-state index contributed by atoms with van der Waals surface area (Å²) in [5.41, 5.74) is 0.137. The molecule has 1 rings (SSSR count). The van der Waals surface area contributed by atoms with Gasteiger partial charge in [0.2, 0.25) is 0 Å². The lowest BCUT2D eigenvalue weighted by molar-refractivity contribution is -0.153. The second-order valence-electron chi connectivity index (χ2n) is 5.48. The van der Waals surface area contributed by atoms with Crippen LogP contribution >= 0.6 is 0 Å². The van der Waals surface area contributed by atoms with Crippen molar-refractivity contribution in [3.8, 4) is 0 Å². The van der Waals surface area contributed by atoms with Crippen molar-refractivity contribution in [3.05, 3.63) is 0 Å². The maximum Gasteiger partial charge on any atom is 0.0787 e. The van der Waals surface area contributed by atoms with Crippen molar-refractivity contribution in [1.29, 1.82) is 0 Å². The van der Waals surface area contributed by atoms with Gasteiger partial charge in [0.05, 0.1) is 18.3 Å². The average Bonchev–Trinajstić information content (AvgIpc) is 2.22. The molecule has 102 valence electrons. The molecule has 0 aromatic heterocycles. The average molecular weight is 243 g/mol. The van der Waals surface area contributed by atoms with Gasteiger partial charge in [-0.05, 0) is 46.1 Å². The minimum absolute atomic E-state index is 0.137. The first kappa shape index (κ1) is 14.9. The monoisotopic (exact) mass is 243 g/mol. The van der Waals surface area contributed by atoms with Crippen molar-refractivity contribution in [2.75, 3.05) is 19.8 Å². The lowest BCUT2D eigenvalue weighted by Crippen LogP contribution is -2.46. The van der Waals surface area contributed by atoms with E-state index in [1.54, 1.807) is 0 Å². The first-order valence-corrected chi connectivity index (χ1v) is 7.07. The van der Waals surface area contributed by atoms with E-state index in [2.05, 4.69) is 26.1 Å². The molecule has 0 saturated heterocycles. The van der Waals surface area contributed by atoms with Gasteiger partial charge in [0, 0.05) is 12.6 Å². The Morgan fingerprint density at radius 3 is 2.41 bits per heavy atom. The van der Waals surface area contributed by atoms with Crippen LogP contribution in [-0.2, 0) is 9.47 Å². The van der Waals surface area contributed by atoms with Gasteiger partial charge in [-0.2, -0.15) is 0 Å². The molecule has 1 N–H and O–H groups in total. The van der Waals surface area contributed by atoms with E-state index in [0.717, 1.165) is 26.2 Å². The molecule has 3 heteroatoms. The summed E-state index contributed by atoms with van der Waals surface area (Å²) in [4.78, 5) is 0. The number of hydrogen-bond acceptors (Lipinski definition) is 3. The molecule has 17 heavy (non-hydrogen) atoms. The zero-order chi connectivity index (χ0) is 12.7. The maximum atomic E-state index is 6.19. The van der Waals surface area contributed by atoms with Crippen LogP contribution in [0.3, 0.4) is 0 Å². The molecule has 3 nitrogen and oxygen atoms in total. The molecule has 0 aromatic rings. The van der Waals surface area contributed by atoms with Crippen molar-refractivity contribution in [2.45, 2.75) is 71.1 Å². The second-order valence-corrected chi connectivity index (χ2v) is 5.48. The van der Waals surface area contributed by atoms with Crippen molar-refractivity contribution in [2.24, 2.45) is 0 Å². The van der Waals surface area contributed by atoms with Crippen molar-refractivity contribution in [1.82, 2.24) is 5.32 Å². The van der Waals surface area contributed by atoms with Crippen LogP contribution in [-0.4, -0.2) is 37.5 Å². The molecule has 0 bridgehead atoms. The molecular weight excluding hydrogens is 214 g/mol. The van der Waals surface area contributed by atoms with Gasteiger partial charge in [-0.15, -0.1) is 0 Å². The van der Waals surface area contributed by atoms with Crippen LogP contribution in [0.2, 0.25) is 0 Å². The van der Waals surface area contributed by atoms with E-state index in [0.29, 0.717) is 6.04 Å². The van der Waals surface area contributed by atoms with Crippen molar-refractivity contribution >= 4 is 0 Å². The standard InChI is InChI=1S/C14H29NO2/c1-5-16-11-13(4)17-14(7-6-8-14)9-10-15-12(2)3/h12-13,15H,5-11H2,1-4H3. The molecular formula is C14H29NO2. The van der Waals surface area contributed by atoms with E-state index in [1.165, 1.54) is 19.3 Å². The normalized spacial score (nSPS) is 20.3. The molecule has 0 heterocycles. The van der Waals surface area contributed by atoms with Crippen LogP contribution in [0, 0.1) is 0 Å². The van der Waals surface area contributed by atoms with E-state index in [9.17, 15) is 0 Å². The van der Waals surface area contributed by atoms with Gasteiger partial charge in [-0.1, -0.05) is 13.8 Å². The zero-order valence-electron chi connectivity index (χ0n) is 11.9. The van der Waals surface area contributed by atoms with Gasteiger partial charge in [0.1, 0.15) is 0 Å². The highest BCUT2D eigenvalue weighted by Gasteiger charge is 2.38. The minimum Gasteiger partial charge on any atom is -0.379 e. The Bertz CT molecular complexity index is 202. The number of nitrogens with one attached hydrogen (secondary N) is 1. The van der Waals surface area contributed by atoms with E-state index >= 15 is 0 Å². The van der Waals surface area contributed by atoms with Crippen LogP contribution in [0.25, 0.3) is 0 Å². The predicted molar refractivity (Wildman–Crippen MR) is 71.4 cm³/mol. The molecule has 1 atom stereocenters. The van der Waals surface area contributed by atoms with E-state index in [4.69, 9.17) is 9.47 Å². The fourth-order valence-corrected chi connectivity index (χ4v) is 2.33. The van der Waals surface area contributed by atoms with E-state index < -0.39 is 0 Å². The van der Waals surface area contributed by atoms with Gasteiger partial charge in [-0.25, -0.2) is 0 Å². The van der Waals surface area contributed by atoms with Gasteiger partial charge in [0.25, 0.3) is 0 Å². The first-order valence-electron chi connectivity index (χ1n) is 7.07. The largest absolute Gasteiger partial charge is 0.379 e. The Morgan fingerprint density at radius 2 is 1.94 bits per heavy atom. The van der Waals surface area contributed by atoms with Crippen molar-refractivity contribution in [3.63, 3.8) is 0 Å². The summed E-state index contributed by atoms with van der Waals surface area (Å²) in [6.07, 6.45) is 5.08. The van der Waals surface area contributed by atoms with Crippen LogP contribution in [0.5, 0.6) is 0 Å². The Balaban J connectivity index is 2.25. The number of hydrogen-bond donors (Lipinski definition) is 1. The Kier molecular flexibility index (Phi) is 6.45. The highest BCUT2D eigenvalue weighted by molar-refractivity contribution is 4.91. The molecule has 1 aliphatic rings. The summed E-state index contributed by atoms with van der Waals surface area (Å²) in [7, 11) is 0. The highest BCUT2D eigenvalue weighted by atomic mass is 16.5. The zero-order valence-corrected chi connectivity index (χ0v) is 11.9. The van der Waals surface area contributed by atoms with Gasteiger partial charge >= 0.3 is 0 Å². The summed E-state index contributed by atoms with van der Waals surface area (Å²) in [6, 6.07) is 0.563. The Hall–Kier alpha value is -0.120. The SMILES string of the molecule is CCOCC(C)OC1(CCNC(C)C)CCC1. The van der Waals surface area contributed by atoms with Crippen LogP contribution in [0.15, 0.2) is 0 Å².